The summed E-state index contributed by atoms with van der Waals surface area (Å²) in [4.78, 5) is 12.7. The van der Waals surface area contributed by atoms with Crippen LogP contribution in [-0.4, -0.2) is 27.1 Å². The number of rotatable bonds is 5. The molecule has 0 unspecified atom stereocenters. The highest BCUT2D eigenvalue weighted by Gasteiger charge is 2.23. The summed E-state index contributed by atoms with van der Waals surface area (Å²) in [5, 5.41) is 5.52. The minimum atomic E-state index is -3.71. The Morgan fingerprint density at radius 3 is 2.45 bits per heavy atom. The van der Waals surface area contributed by atoms with Crippen LogP contribution in [0.2, 0.25) is 10.0 Å². The van der Waals surface area contributed by atoms with Crippen molar-refractivity contribution in [2.24, 2.45) is 0 Å². The molecule has 8 heteroatoms. The lowest BCUT2D eigenvalue weighted by atomic mass is 10.0. The van der Waals surface area contributed by atoms with Crippen LogP contribution in [0.15, 0.2) is 48.5 Å². The summed E-state index contributed by atoms with van der Waals surface area (Å²) in [5.74, 6) is -0.444. The number of anilines is 2. The van der Waals surface area contributed by atoms with Gasteiger partial charge in [0.15, 0.2) is 0 Å². The molecule has 0 saturated carbocycles. The highest BCUT2D eigenvalue weighted by atomic mass is 35.5. The van der Waals surface area contributed by atoms with Crippen molar-refractivity contribution in [3.05, 3.63) is 69.7 Å². The van der Waals surface area contributed by atoms with Crippen molar-refractivity contribution in [3.8, 4) is 0 Å². The first kappa shape index (κ1) is 20.0. The molecular weight excluding hydrogens is 431 g/mol. The van der Waals surface area contributed by atoms with Crippen molar-refractivity contribution in [2.75, 3.05) is 22.4 Å². The van der Waals surface area contributed by atoms with Crippen LogP contribution >= 0.6 is 23.2 Å². The number of hydrogen-bond donors (Lipinski definition) is 1. The van der Waals surface area contributed by atoms with Crippen LogP contribution in [-0.2, 0) is 27.7 Å². The number of sulfonamides is 1. The van der Waals surface area contributed by atoms with E-state index in [1.807, 2.05) is 24.3 Å². The van der Waals surface area contributed by atoms with Gasteiger partial charge in [0.2, 0.25) is 15.9 Å². The molecule has 3 aromatic rings. The molecule has 1 aliphatic carbocycles. The molecule has 1 amide bonds. The maximum absolute atomic E-state index is 12.7. The average molecular weight is 449 g/mol. The number of aryl methyl sites for hydroxylation is 2. The van der Waals surface area contributed by atoms with Gasteiger partial charge in [0.25, 0.3) is 0 Å². The predicted molar refractivity (Wildman–Crippen MR) is 119 cm³/mol. The zero-order chi connectivity index (χ0) is 20.8. The summed E-state index contributed by atoms with van der Waals surface area (Å²) in [6, 6.07) is 14.4. The summed E-state index contributed by atoms with van der Waals surface area (Å²) in [6.07, 6.45) is 3.02. The maximum Gasteiger partial charge on any atom is 0.245 e. The third kappa shape index (κ3) is 3.92. The van der Waals surface area contributed by atoms with Gasteiger partial charge in [0.05, 0.1) is 22.0 Å². The van der Waals surface area contributed by atoms with Gasteiger partial charge in [-0.15, -0.1) is 0 Å². The van der Waals surface area contributed by atoms with Crippen LogP contribution in [0, 0.1) is 0 Å². The Hall–Kier alpha value is -2.28. The number of nitrogens with zero attached hydrogens (tertiary/aromatic N) is 1. The van der Waals surface area contributed by atoms with E-state index in [9.17, 15) is 13.2 Å². The van der Waals surface area contributed by atoms with Crippen molar-refractivity contribution in [3.63, 3.8) is 0 Å². The number of halogens is 2. The number of carbonyl (C=O) groups is 1. The number of benzene rings is 3. The van der Waals surface area contributed by atoms with Crippen LogP contribution in [0.4, 0.5) is 11.4 Å². The molecule has 29 heavy (non-hydrogen) atoms. The Bertz CT molecular complexity index is 1230. The van der Waals surface area contributed by atoms with E-state index in [0.717, 1.165) is 28.8 Å². The SMILES string of the molecule is CS(=O)(=O)N(CC(=O)Nc1ccc2c3c(cccc13)CC2)c1ccc(Cl)c(Cl)c1. The van der Waals surface area contributed by atoms with Crippen LogP contribution in [0.1, 0.15) is 11.1 Å². The fourth-order valence-corrected chi connectivity index (χ4v) is 4.86. The smallest absolute Gasteiger partial charge is 0.245 e. The zero-order valence-electron chi connectivity index (χ0n) is 15.6. The van der Waals surface area contributed by atoms with Gasteiger partial charge in [-0.1, -0.05) is 47.5 Å². The van der Waals surface area contributed by atoms with E-state index >= 15 is 0 Å². The fourth-order valence-electron chi connectivity index (χ4n) is 3.72. The molecule has 150 valence electrons. The van der Waals surface area contributed by atoms with E-state index in [1.54, 1.807) is 0 Å². The first-order valence-electron chi connectivity index (χ1n) is 9.00. The Kier molecular flexibility index (Phi) is 5.19. The summed E-state index contributed by atoms with van der Waals surface area (Å²) in [6.45, 7) is -0.375. The number of hydrogen-bond acceptors (Lipinski definition) is 3. The summed E-state index contributed by atoms with van der Waals surface area (Å²) in [7, 11) is -3.71. The second-order valence-electron chi connectivity index (χ2n) is 7.03. The van der Waals surface area contributed by atoms with Crippen LogP contribution in [0.5, 0.6) is 0 Å². The van der Waals surface area contributed by atoms with E-state index in [2.05, 4.69) is 11.4 Å². The number of amides is 1. The molecule has 3 aromatic carbocycles. The van der Waals surface area contributed by atoms with E-state index in [1.165, 1.54) is 34.7 Å². The number of carbonyl (C=O) groups excluding carboxylic acids is 1. The molecule has 0 fully saturated rings. The molecule has 1 N–H and O–H groups in total. The van der Waals surface area contributed by atoms with Gasteiger partial charge in [-0.25, -0.2) is 8.42 Å². The molecule has 4 rings (SSSR count). The molecule has 0 saturated heterocycles. The van der Waals surface area contributed by atoms with E-state index < -0.39 is 15.9 Å². The van der Waals surface area contributed by atoms with Gasteiger partial charge in [-0.2, -0.15) is 0 Å². The number of nitrogens with one attached hydrogen (secondary N) is 1. The molecule has 0 heterocycles. The normalized spacial score (nSPS) is 12.9. The molecule has 0 atom stereocenters. The van der Waals surface area contributed by atoms with Crippen molar-refractivity contribution >= 4 is 61.3 Å². The molecule has 0 spiro atoms. The summed E-state index contributed by atoms with van der Waals surface area (Å²) >= 11 is 11.9. The van der Waals surface area contributed by atoms with Crippen molar-refractivity contribution < 1.29 is 13.2 Å². The quantitative estimate of drug-likeness (QED) is 0.617. The Balaban J connectivity index is 1.63. The lowest BCUT2D eigenvalue weighted by Crippen LogP contribution is -2.37. The third-order valence-electron chi connectivity index (χ3n) is 5.03. The second-order valence-corrected chi connectivity index (χ2v) is 9.75. The minimum absolute atomic E-state index is 0.214. The maximum atomic E-state index is 12.7. The first-order valence-corrected chi connectivity index (χ1v) is 11.6. The molecule has 0 radical (unpaired) electrons. The molecule has 5 nitrogen and oxygen atoms in total. The largest absolute Gasteiger partial charge is 0.324 e. The monoisotopic (exact) mass is 448 g/mol. The van der Waals surface area contributed by atoms with Gasteiger partial charge in [0, 0.05) is 11.1 Å². The Labute approximate surface area is 179 Å². The molecule has 1 aliphatic rings. The predicted octanol–water partition coefficient (Wildman–Crippen LogP) is 4.65. The Morgan fingerprint density at radius 1 is 1.03 bits per heavy atom. The lowest BCUT2D eigenvalue weighted by Gasteiger charge is -2.22. The van der Waals surface area contributed by atoms with Gasteiger partial charge in [-0.3, -0.25) is 9.10 Å². The fraction of sp³-hybridized carbons (Fsp3) is 0.190. The van der Waals surface area contributed by atoms with Crippen LogP contribution in [0.25, 0.3) is 10.8 Å². The van der Waals surface area contributed by atoms with Gasteiger partial charge < -0.3 is 5.32 Å². The average Bonchev–Trinajstić information content (AvgIpc) is 3.08. The van der Waals surface area contributed by atoms with Gasteiger partial charge in [0.1, 0.15) is 6.54 Å². The topological polar surface area (TPSA) is 66.5 Å². The van der Waals surface area contributed by atoms with E-state index in [-0.39, 0.29) is 17.3 Å². The molecule has 0 aromatic heterocycles. The van der Waals surface area contributed by atoms with Crippen molar-refractivity contribution in [1.29, 1.82) is 0 Å². The summed E-state index contributed by atoms with van der Waals surface area (Å²) < 4.78 is 25.6. The summed E-state index contributed by atoms with van der Waals surface area (Å²) in [5.41, 5.74) is 3.47. The third-order valence-corrected chi connectivity index (χ3v) is 6.91. The van der Waals surface area contributed by atoms with Crippen LogP contribution < -0.4 is 9.62 Å². The second kappa shape index (κ2) is 7.52. The van der Waals surface area contributed by atoms with Crippen molar-refractivity contribution in [1.82, 2.24) is 0 Å². The van der Waals surface area contributed by atoms with E-state index in [0.29, 0.717) is 10.7 Å². The minimum Gasteiger partial charge on any atom is -0.324 e. The first-order chi connectivity index (χ1) is 13.7. The zero-order valence-corrected chi connectivity index (χ0v) is 17.9. The standard InChI is InChI=1S/C21H18Cl2N2O3S/c1-29(27,28)25(15-8-9-17(22)18(23)11-15)12-20(26)24-19-10-7-14-6-5-13-3-2-4-16(19)21(13)14/h2-4,7-11H,5-6,12H2,1H3,(H,24,26). The van der Waals surface area contributed by atoms with Crippen LogP contribution in [0.3, 0.4) is 0 Å². The highest BCUT2D eigenvalue weighted by Crippen LogP contribution is 2.35. The van der Waals surface area contributed by atoms with E-state index in [4.69, 9.17) is 23.2 Å². The van der Waals surface area contributed by atoms with Crippen molar-refractivity contribution in [2.45, 2.75) is 12.8 Å². The molecule has 0 aliphatic heterocycles. The Morgan fingerprint density at radius 2 is 1.76 bits per heavy atom. The highest BCUT2D eigenvalue weighted by molar-refractivity contribution is 7.92. The molecular formula is C21H18Cl2N2O3S. The molecule has 0 bridgehead atoms. The van der Waals surface area contributed by atoms with Gasteiger partial charge in [-0.05, 0) is 53.6 Å². The van der Waals surface area contributed by atoms with Gasteiger partial charge >= 0.3 is 0 Å². The lowest BCUT2D eigenvalue weighted by molar-refractivity contribution is -0.114.